The molecule has 0 unspecified atom stereocenters. The van der Waals surface area contributed by atoms with Crippen molar-refractivity contribution in [3.05, 3.63) is 59.2 Å². The number of aromatic nitrogens is 1. The number of para-hydroxylation sites is 1. The molecule has 27 heavy (non-hydrogen) atoms. The van der Waals surface area contributed by atoms with E-state index in [2.05, 4.69) is 16.4 Å². The second kappa shape index (κ2) is 7.45. The number of rotatable bonds is 5. The van der Waals surface area contributed by atoms with Crippen molar-refractivity contribution in [1.82, 2.24) is 4.98 Å². The topological polar surface area (TPSA) is 65.2 Å². The van der Waals surface area contributed by atoms with Gasteiger partial charge in [-0.15, -0.1) is 0 Å². The maximum absolute atomic E-state index is 12.3. The lowest BCUT2D eigenvalue weighted by atomic mass is 10.1. The van der Waals surface area contributed by atoms with E-state index in [0.29, 0.717) is 42.2 Å². The number of aryl methyl sites for hydroxylation is 1. The molecule has 3 aromatic rings. The standard InChI is InChI=1S/C21H20ClN3O2/c22-17-12-15(8-9-19(17)25-11-3-6-21(25)27)24-20(26)10-7-14-13-23-18-5-2-1-4-16(14)18/h1-2,4-5,8-9,12-13,23H,3,6-7,10-11H2,(H,24,26). The van der Waals surface area contributed by atoms with Crippen LogP contribution in [0.5, 0.6) is 0 Å². The van der Waals surface area contributed by atoms with E-state index < -0.39 is 0 Å². The molecule has 0 aliphatic carbocycles. The van der Waals surface area contributed by atoms with E-state index in [0.717, 1.165) is 22.9 Å². The van der Waals surface area contributed by atoms with Gasteiger partial charge >= 0.3 is 0 Å². The maximum Gasteiger partial charge on any atom is 0.227 e. The number of carbonyl (C=O) groups excluding carboxylic acids is 2. The summed E-state index contributed by atoms with van der Waals surface area (Å²) in [4.78, 5) is 29.1. The van der Waals surface area contributed by atoms with Gasteiger partial charge < -0.3 is 15.2 Å². The summed E-state index contributed by atoms with van der Waals surface area (Å²) in [5.74, 6) is 0.0220. The number of benzene rings is 2. The predicted octanol–water partition coefficient (Wildman–Crippen LogP) is 4.52. The molecule has 2 N–H and O–H groups in total. The molecule has 6 heteroatoms. The van der Waals surface area contributed by atoms with Crippen LogP contribution in [0.4, 0.5) is 11.4 Å². The number of nitrogens with one attached hydrogen (secondary N) is 2. The maximum atomic E-state index is 12.3. The third-order valence-electron chi connectivity index (χ3n) is 4.89. The van der Waals surface area contributed by atoms with Crippen LogP contribution in [-0.4, -0.2) is 23.3 Å². The summed E-state index contributed by atoms with van der Waals surface area (Å²) in [5, 5.41) is 4.50. The number of nitrogens with zero attached hydrogens (tertiary/aromatic N) is 1. The quantitative estimate of drug-likeness (QED) is 0.682. The van der Waals surface area contributed by atoms with Gasteiger partial charge in [0.25, 0.3) is 0 Å². The highest BCUT2D eigenvalue weighted by Crippen LogP contribution is 2.31. The fraction of sp³-hybridized carbons (Fsp3) is 0.238. The molecule has 1 aliphatic heterocycles. The summed E-state index contributed by atoms with van der Waals surface area (Å²) in [6.45, 7) is 0.689. The second-order valence-electron chi connectivity index (χ2n) is 6.72. The zero-order valence-electron chi connectivity index (χ0n) is 14.8. The number of amides is 2. The lowest BCUT2D eigenvalue weighted by Crippen LogP contribution is -2.24. The number of hydrogen-bond acceptors (Lipinski definition) is 2. The number of hydrogen-bond donors (Lipinski definition) is 2. The van der Waals surface area contributed by atoms with E-state index in [1.807, 2.05) is 24.4 Å². The van der Waals surface area contributed by atoms with Crippen LogP contribution in [0.3, 0.4) is 0 Å². The lowest BCUT2D eigenvalue weighted by molar-refractivity contribution is -0.117. The monoisotopic (exact) mass is 381 g/mol. The second-order valence-corrected chi connectivity index (χ2v) is 7.13. The van der Waals surface area contributed by atoms with Crippen molar-refractivity contribution in [3.63, 3.8) is 0 Å². The third-order valence-corrected chi connectivity index (χ3v) is 5.19. The van der Waals surface area contributed by atoms with E-state index in [1.165, 1.54) is 0 Å². The van der Waals surface area contributed by atoms with Crippen LogP contribution in [0.25, 0.3) is 10.9 Å². The van der Waals surface area contributed by atoms with E-state index in [-0.39, 0.29) is 11.8 Å². The van der Waals surface area contributed by atoms with E-state index in [1.54, 1.807) is 23.1 Å². The van der Waals surface area contributed by atoms with E-state index in [4.69, 9.17) is 11.6 Å². The summed E-state index contributed by atoms with van der Waals surface area (Å²) in [5.41, 5.74) is 3.55. The SMILES string of the molecule is O=C(CCc1c[nH]c2ccccc12)Nc1ccc(N2CCCC2=O)c(Cl)c1. The van der Waals surface area contributed by atoms with E-state index >= 15 is 0 Å². The summed E-state index contributed by atoms with van der Waals surface area (Å²) in [6, 6.07) is 13.3. The van der Waals surface area contributed by atoms with Crippen LogP contribution in [-0.2, 0) is 16.0 Å². The van der Waals surface area contributed by atoms with Crippen LogP contribution >= 0.6 is 11.6 Å². The van der Waals surface area contributed by atoms with Crippen molar-refractivity contribution in [2.45, 2.75) is 25.7 Å². The Bertz CT molecular complexity index is 1010. The normalized spacial score (nSPS) is 14.1. The van der Waals surface area contributed by atoms with Crippen molar-refractivity contribution in [2.24, 2.45) is 0 Å². The Kier molecular flexibility index (Phi) is 4.86. The van der Waals surface area contributed by atoms with Crippen LogP contribution in [0.2, 0.25) is 5.02 Å². The smallest absolute Gasteiger partial charge is 0.227 e. The Morgan fingerprint density at radius 1 is 1.22 bits per heavy atom. The minimum Gasteiger partial charge on any atom is -0.361 e. The van der Waals surface area contributed by atoms with Gasteiger partial charge in [0, 0.05) is 42.2 Å². The number of aromatic amines is 1. The molecule has 2 heterocycles. The first-order chi connectivity index (χ1) is 13.1. The number of halogens is 1. The van der Waals surface area contributed by atoms with Crippen molar-refractivity contribution in [3.8, 4) is 0 Å². The average molecular weight is 382 g/mol. The largest absolute Gasteiger partial charge is 0.361 e. The number of fused-ring (bicyclic) bond motifs is 1. The van der Waals surface area contributed by atoms with Crippen LogP contribution in [0.1, 0.15) is 24.8 Å². The first-order valence-electron chi connectivity index (χ1n) is 9.06. The van der Waals surface area contributed by atoms with Crippen LogP contribution < -0.4 is 10.2 Å². The van der Waals surface area contributed by atoms with Gasteiger partial charge in [0.1, 0.15) is 0 Å². The van der Waals surface area contributed by atoms with Crippen LogP contribution in [0, 0.1) is 0 Å². The van der Waals surface area contributed by atoms with E-state index in [9.17, 15) is 9.59 Å². The molecule has 0 saturated carbocycles. The van der Waals surface area contributed by atoms with Gasteiger partial charge in [0.05, 0.1) is 10.7 Å². The Morgan fingerprint density at radius 3 is 2.85 bits per heavy atom. The lowest BCUT2D eigenvalue weighted by Gasteiger charge is -2.18. The summed E-state index contributed by atoms with van der Waals surface area (Å²) in [7, 11) is 0. The fourth-order valence-corrected chi connectivity index (χ4v) is 3.80. The Hall–Kier alpha value is -2.79. The Balaban J connectivity index is 1.39. The molecular weight excluding hydrogens is 362 g/mol. The van der Waals surface area contributed by atoms with Crippen molar-refractivity contribution >= 4 is 45.7 Å². The molecule has 4 rings (SSSR count). The molecule has 2 amide bonds. The summed E-state index contributed by atoms with van der Waals surface area (Å²) in [6.07, 6.45) is 4.40. The molecule has 0 radical (unpaired) electrons. The molecule has 1 saturated heterocycles. The molecule has 1 fully saturated rings. The van der Waals surface area contributed by atoms with Gasteiger partial charge in [0.2, 0.25) is 11.8 Å². The summed E-state index contributed by atoms with van der Waals surface area (Å²) >= 11 is 6.33. The predicted molar refractivity (Wildman–Crippen MR) is 108 cm³/mol. The highest BCUT2D eigenvalue weighted by atomic mass is 35.5. The third kappa shape index (κ3) is 3.69. The first-order valence-corrected chi connectivity index (χ1v) is 9.44. The number of H-pyrrole nitrogens is 1. The van der Waals surface area contributed by atoms with Gasteiger partial charge in [-0.25, -0.2) is 0 Å². The highest BCUT2D eigenvalue weighted by molar-refractivity contribution is 6.34. The highest BCUT2D eigenvalue weighted by Gasteiger charge is 2.23. The van der Waals surface area contributed by atoms with Crippen molar-refractivity contribution in [2.75, 3.05) is 16.8 Å². The van der Waals surface area contributed by atoms with Crippen molar-refractivity contribution < 1.29 is 9.59 Å². The van der Waals surface area contributed by atoms with Gasteiger partial charge in [-0.3, -0.25) is 9.59 Å². The zero-order chi connectivity index (χ0) is 18.8. The minimum absolute atomic E-state index is 0.0682. The average Bonchev–Trinajstić information content (AvgIpc) is 3.26. The molecule has 0 spiro atoms. The summed E-state index contributed by atoms with van der Waals surface area (Å²) < 4.78 is 0. The molecule has 2 aromatic carbocycles. The van der Waals surface area contributed by atoms with Gasteiger partial charge in [-0.1, -0.05) is 29.8 Å². The molecule has 138 valence electrons. The molecule has 0 bridgehead atoms. The number of anilines is 2. The molecule has 1 aromatic heterocycles. The van der Waals surface area contributed by atoms with Gasteiger partial charge in [0.15, 0.2) is 0 Å². The molecule has 5 nitrogen and oxygen atoms in total. The Morgan fingerprint density at radius 2 is 2.07 bits per heavy atom. The van der Waals surface area contributed by atoms with Gasteiger partial charge in [-0.05, 0) is 42.7 Å². The molecular formula is C21H20ClN3O2. The minimum atomic E-state index is -0.0682. The molecule has 0 atom stereocenters. The van der Waals surface area contributed by atoms with Crippen molar-refractivity contribution in [1.29, 1.82) is 0 Å². The fourth-order valence-electron chi connectivity index (χ4n) is 3.52. The van der Waals surface area contributed by atoms with Gasteiger partial charge in [-0.2, -0.15) is 0 Å². The zero-order valence-corrected chi connectivity index (χ0v) is 15.6. The first kappa shape index (κ1) is 17.6. The van der Waals surface area contributed by atoms with Crippen LogP contribution in [0.15, 0.2) is 48.7 Å². The number of carbonyl (C=O) groups is 2. The Labute approximate surface area is 162 Å². The molecule has 1 aliphatic rings.